The first-order chi connectivity index (χ1) is 5.18. The number of aliphatic hydroxyl groups is 3. The van der Waals surface area contributed by atoms with E-state index in [4.69, 9.17) is 0 Å². The van der Waals surface area contributed by atoms with E-state index in [1.807, 2.05) is 4.90 Å². The first-order valence-corrected chi connectivity index (χ1v) is 3.96. The minimum Gasteiger partial charge on any atom is -0.392 e. The quantitative estimate of drug-likeness (QED) is 0.388. The maximum absolute atomic E-state index is 9.38. The Balaban J connectivity index is 2.07. The number of aliphatic hydroxyl groups excluding tert-OH is 3. The van der Waals surface area contributed by atoms with E-state index in [9.17, 15) is 15.3 Å². The molecule has 0 bridgehead atoms. The average molecular weight is 159 g/mol. The van der Waals surface area contributed by atoms with Gasteiger partial charge in [0, 0.05) is 19.1 Å². The number of rotatable bonds is 0. The highest BCUT2D eigenvalue weighted by atomic mass is 16.3. The van der Waals surface area contributed by atoms with E-state index in [-0.39, 0.29) is 12.1 Å². The van der Waals surface area contributed by atoms with Crippen LogP contribution in [0.25, 0.3) is 0 Å². The van der Waals surface area contributed by atoms with Gasteiger partial charge in [0.1, 0.15) is 0 Å². The monoisotopic (exact) mass is 159 g/mol. The van der Waals surface area contributed by atoms with Gasteiger partial charge >= 0.3 is 0 Å². The van der Waals surface area contributed by atoms with Crippen LogP contribution in [0.3, 0.4) is 0 Å². The van der Waals surface area contributed by atoms with Crippen LogP contribution in [0.5, 0.6) is 0 Å². The van der Waals surface area contributed by atoms with Crippen molar-refractivity contribution in [3.8, 4) is 0 Å². The second-order valence-electron chi connectivity index (χ2n) is 3.47. The van der Waals surface area contributed by atoms with E-state index in [0.717, 1.165) is 0 Å². The lowest BCUT2D eigenvalue weighted by Crippen LogP contribution is -2.31. The van der Waals surface area contributed by atoms with Crippen LogP contribution in [0.4, 0.5) is 0 Å². The second-order valence-corrected chi connectivity index (χ2v) is 3.47. The molecule has 4 heteroatoms. The average Bonchev–Trinajstić information content (AvgIpc) is 2.37. The fraction of sp³-hybridized carbons (Fsp3) is 1.00. The SMILES string of the molecule is O[C@H]1C[C@H]2[C@H](O)[C@H](O)CN2C1. The molecule has 2 saturated heterocycles. The summed E-state index contributed by atoms with van der Waals surface area (Å²) in [6.07, 6.45) is -1.00. The van der Waals surface area contributed by atoms with Crippen LogP contribution >= 0.6 is 0 Å². The van der Waals surface area contributed by atoms with Crippen LogP contribution in [0, 0.1) is 0 Å². The van der Waals surface area contributed by atoms with Crippen molar-refractivity contribution >= 4 is 0 Å². The van der Waals surface area contributed by atoms with Crippen molar-refractivity contribution in [2.24, 2.45) is 0 Å². The molecule has 2 heterocycles. The smallest absolute Gasteiger partial charge is 0.0967 e. The lowest BCUT2D eigenvalue weighted by Gasteiger charge is -2.14. The van der Waals surface area contributed by atoms with Crippen molar-refractivity contribution in [3.63, 3.8) is 0 Å². The third-order valence-electron chi connectivity index (χ3n) is 2.64. The topological polar surface area (TPSA) is 63.9 Å². The van der Waals surface area contributed by atoms with E-state index in [2.05, 4.69) is 0 Å². The number of fused-ring (bicyclic) bond motifs is 1. The second kappa shape index (κ2) is 2.42. The molecule has 2 aliphatic rings. The summed E-state index contributed by atoms with van der Waals surface area (Å²) in [7, 11) is 0. The third kappa shape index (κ3) is 1.06. The molecular weight excluding hydrogens is 146 g/mol. The molecule has 0 saturated carbocycles. The molecule has 0 spiro atoms. The maximum Gasteiger partial charge on any atom is 0.0967 e. The lowest BCUT2D eigenvalue weighted by molar-refractivity contribution is 0.0343. The fourth-order valence-corrected chi connectivity index (χ4v) is 2.08. The number of hydrogen-bond donors (Lipinski definition) is 3. The summed E-state index contributed by atoms with van der Waals surface area (Å²) < 4.78 is 0. The first kappa shape index (κ1) is 7.49. The molecule has 2 fully saturated rings. The molecule has 0 amide bonds. The highest BCUT2D eigenvalue weighted by Gasteiger charge is 2.45. The van der Waals surface area contributed by atoms with Gasteiger partial charge in [-0.15, -0.1) is 0 Å². The Hall–Kier alpha value is -0.160. The van der Waals surface area contributed by atoms with Gasteiger partial charge in [0.25, 0.3) is 0 Å². The Labute approximate surface area is 65.1 Å². The molecular formula is C7H13NO3. The molecule has 3 N–H and O–H groups in total. The molecule has 0 unspecified atom stereocenters. The summed E-state index contributed by atoms with van der Waals surface area (Å²) in [5.74, 6) is 0. The van der Waals surface area contributed by atoms with Crippen LogP contribution in [0.2, 0.25) is 0 Å². The molecule has 4 nitrogen and oxygen atoms in total. The van der Waals surface area contributed by atoms with Crippen LogP contribution in [-0.2, 0) is 0 Å². The van der Waals surface area contributed by atoms with Gasteiger partial charge < -0.3 is 15.3 Å². The summed E-state index contributed by atoms with van der Waals surface area (Å²) in [5, 5.41) is 27.8. The first-order valence-electron chi connectivity index (χ1n) is 3.96. The van der Waals surface area contributed by atoms with Gasteiger partial charge in [0.05, 0.1) is 18.3 Å². The zero-order valence-corrected chi connectivity index (χ0v) is 6.22. The molecule has 64 valence electrons. The van der Waals surface area contributed by atoms with Crippen molar-refractivity contribution in [1.82, 2.24) is 4.90 Å². The van der Waals surface area contributed by atoms with Gasteiger partial charge in [-0.1, -0.05) is 0 Å². The Morgan fingerprint density at radius 2 is 1.82 bits per heavy atom. The highest BCUT2D eigenvalue weighted by molar-refractivity contribution is 4.99. The number of hydrogen-bond acceptors (Lipinski definition) is 4. The highest BCUT2D eigenvalue weighted by Crippen LogP contribution is 2.28. The molecule has 0 aliphatic carbocycles. The Kier molecular flexibility index (Phi) is 1.64. The van der Waals surface area contributed by atoms with Crippen molar-refractivity contribution in [1.29, 1.82) is 0 Å². The van der Waals surface area contributed by atoms with Crippen molar-refractivity contribution in [2.45, 2.75) is 30.8 Å². The van der Waals surface area contributed by atoms with Crippen LogP contribution in [0.15, 0.2) is 0 Å². The summed E-state index contributed by atoms with van der Waals surface area (Å²) in [6, 6.07) is -0.0139. The van der Waals surface area contributed by atoms with E-state index in [1.54, 1.807) is 0 Å². The Morgan fingerprint density at radius 1 is 1.09 bits per heavy atom. The third-order valence-corrected chi connectivity index (χ3v) is 2.64. The predicted octanol–water partition coefficient (Wildman–Crippen LogP) is -1.84. The minimum absolute atomic E-state index is 0.0139. The summed E-state index contributed by atoms with van der Waals surface area (Å²) in [4.78, 5) is 1.94. The minimum atomic E-state index is -0.660. The molecule has 0 aromatic heterocycles. The molecule has 4 atom stereocenters. The van der Waals surface area contributed by atoms with Crippen molar-refractivity contribution in [2.75, 3.05) is 13.1 Å². The van der Waals surface area contributed by atoms with Gasteiger partial charge in [-0.25, -0.2) is 0 Å². The van der Waals surface area contributed by atoms with E-state index < -0.39 is 12.2 Å². The molecule has 0 radical (unpaired) electrons. The van der Waals surface area contributed by atoms with E-state index >= 15 is 0 Å². The number of nitrogens with zero attached hydrogens (tertiary/aromatic N) is 1. The van der Waals surface area contributed by atoms with Crippen molar-refractivity contribution < 1.29 is 15.3 Å². The van der Waals surface area contributed by atoms with Gasteiger partial charge in [0.2, 0.25) is 0 Å². The Bertz CT molecular complexity index is 164. The maximum atomic E-state index is 9.38. The van der Waals surface area contributed by atoms with Gasteiger partial charge in [-0.05, 0) is 6.42 Å². The summed E-state index contributed by atoms with van der Waals surface area (Å²) in [5.41, 5.74) is 0. The van der Waals surface area contributed by atoms with E-state index in [1.165, 1.54) is 0 Å². The van der Waals surface area contributed by atoms with Crippen molar-refractivity contribution in [3.05, 3.63) is 0 Å². The predicted molar refractivity (Wildman–Crippen MR) is 38.0 cm³/mol. The summed E-state index contributed by atoms with van der Waals surface area (Å²) >= 11 is 0. The van der Waals surface area contributed by atoms with Crippen LogP contribution in [-0.4, -0.2) is 57.7 Å². The molecule has 0 aromatic carbocycles. The van der Waals surface area contributed by atoms with Crippen LogP contribution < -0.4 is 0 Å². The Morgan fingerprint density at radius 3 is 2.45 bits per heavy atom. The molecule has 0 aromatic rings. The summed E-state index contributed by atoms with van der Waals surface area (Å²) in [6.45, 7) is 1.10. The van der Waals surface area contributed by atoms with Crippen LogP contribution in [0.1, 0.15) is 6.42 Å². The van der Waals surface area contributed by atoms with Gasteiger partial charge in [-0.2, -0.15) is 0 Å². The standard InChI is InChI=1S/C7H13NO3/c9-4-1-5-7(11)6(10)3-8(5)2-4/h4-7,9-11H,1-3H2/t4-,5-,6+,7-/m0/s1. The van der Waals surface area contributed by atoms with Gasteiger partial charge in [0.15, 0.2) is 0 Å². The zero-order valence-electron chi connectivity index (χ0n) is 6.22. The largest absolute Gasteiger partial charge is 0.392 e. The molecule has 11 heavy (non-hydrogen) atoms. The van der Waals surface area contributed by atoms with Gasteiger partial charge in [-0.3, -0.25) is 4.90 Å². The lowest BCUT2D eigenvalue weighted by atomic mass is 10.1. The van der Waals surface area contributed by atoms with E-state index in [0.29, 0.717) is 19.5 Å². The molecule has 2 rings (SSSR count). The normalized spacial score (nSPS) is 51.5. The molecule has 2 aliphatic heterocycles. The fourth-order valence-electron chi connectivity index (χ4n) is 2.08. The zero-order chi connectivity index (χ0) is 8.01.